The maximum Gasteiger partial charge on any atom is 0.301 e. The Morgan fingerprint density at radius 1 is 1.10 bits per heavy atom. The molecule has 1 aromatic heterocycles. The van der Waals surface area contributed by atoms with Crippen LogP contribution in [0.5, 0.6) is 23.0 Å². The predicted molar refractivity (Wildman–Crippen MR) is 146 cm³/mol. The molecule has 39 heavy (non-hydrogen) atoms. The number of anilines is 1. The van der Waals surface area contributed by atoms with Gasteiger partial charge >= 0.3 is 5.91 Å². The first-order chi connectivity index (χ1) is 18.9. The molecule has 0 aliphatic carbocycles. The van der Waals surface area contributed by atoms with Crippen LogP contribution in [0.15, 0.2) is 60.2 Å². The molecule has 198 valence electrons. The van der Waals surface area contributed by atoms with E-state index in [4.69, 9.17) is 25.8 Å². The summed E-state index contributed by atoms with van der Waals surface area (Å²) in [6.45, 7) is 2.80. The quantitative estimate of drug-likeness (QED) is 0.187. The zero-order valence-electron chi connectivity index (χ0n) is 20.5. The minimum absolute atomic E-state index is 0.0981. The van der Waals surface area contributed by atoms with Crippen molar-refractivity contribution >= 4 is 55.7 Å². The smallest absolute Gasteiger partial charge is 0.301 e. The number of benzene rings is 3. The Hall–Kier alpha value is -4.28. The van der Waals surface area contributed by atoms with Crippen molar-refractivity contribution < 1.29 is 34.0 Å². The predicted octanol–water partition coefficient (Wildman–Crippen LogP) is 5.45. The zero-order chi connectivity index (χ0) is 27.3. The number of carbonyl (C=O) groups excluding carboxylic acids is 2. The minimum Gasteiger partial charge on any atom is -0.507 e. The van der Waals surface area contributed by atoms with Crippen molar-refractivity contribution in [1.29, 1.82) is 0 Å². The van der Waals surface area contributed by atoms with Crippen molar-refractivity contribution in [3.05, 3.63) is 76.3 Å². The number of Topliss-reactive ketones (excluding diaryl/α,β-unsaturated/α-hetero) is 1. The number of carbonyl (C=O) groups is 2. The summed E-state index contributed by atoms with van der Waals surface area (Å²) < 4.78 is 17.5. The molecule has 1 atom stereocenters. The van der Waals surface area contributed by atoms with Gasteiger partial charge in [0.05, 0.1) is 28.4 Å². The molecular weight excluding hydrogens is 544 g/mol. The van der Waals surface area contributed by atoms with Gasteiger partial charge in [0.15, 0.2) is 28.1 Å². The molecular formula is C28H21ClN2O7S. The Bertz CT molecular complexity index is 1680. The van der Waals surface area contributed by atoms with Gasteiger partial charge in [-0.3, -0.25) is 14.5 Å². The Balaban J connectivity index is 1.55. The Labute approximate surface area is 231 Å². The third-order valence-electron chi connectivity index (χ3n) is 6.40. The first kappa shape index (κ1) is 25.0. The van der Waals surface area contributed by atoms with Gasteiger partial charge in [0.25, 0.3) is 5.78 Å². The molecule has 3 aromatic carbocycles. The van der Waals surface area contributed by atoms with Gasteiger partial charge in [-0.2, -0.15) is 0 Å². The van der Waals surface area contributed by atoms with E-state index >= 15 is 0 Å². The van der Waals surface area contributed by atoms with Crippen LogP contribution in [0, 0.1) is 0 Å². The summed E-state index contributed by atoms with van der Waals surface area (Å²) in [5.74, 6) is -1.10. The molecule has 0 radical (unpaired) electrons. The van der Waals surface area contributed by atoms with E-state index in [2.05, 4.69) is 4.98 Å². The maximum absolute atomic E-state index is 13.5. The summed E-state index contributed by atoms with van der Waals surface area (Å²) in [5, 5.41) is 22.5. The van der Waals surface area contributed by atoms with Crippen LogP contribution >= 0.6 is 22.9 Å². The van der Waals surface area contributed by atoms with E-state index in [0.717, 1.165) is 4.70 Å². The van der Waals surface area contributed by atoms with E-state index in [1.54, 1.807) is 55.5 Å². The van der Waals surface area contributed by atoms with E-state index in [9.17, 15) is 19.8 Å². The minimum atomic E-state index is -1.06. The lowest BCUT2D eigenvalue weighted by molar-refractivity contribution is -0.132. The van der Waals surface area contributed by atoms with Gasteiger partial charge in [0.2, 0.25) is 0 Å². The van der Waals surface area contributed by atoms with E-state index in [1.165, 1.54) is 22.3 Å². The third-order valence-corrected chi connectivity index (χ3v) is 7.66. The lowest BCUT2D eigenvalue weighted by atomic mass is 9.95. The van der Waals surface area contributed by atoms with E-state index in [0.29, 0.717) is 40.8 Å². The van der Waals surface area contributed by atoms with Crippen molar-refractivity contribution in [2.45, 2.75) is 13.0 Å². The second-order valence-electron chi connectivity index (χ2n) is 8.80. The Kier molecular flexibility index (Phi) is 6.28. The van der Waals surface area contributed by atoms with Crippen LogP contribution in [0.3, 0.4) is 0 Å². The van der Waals surface area contributed by atoms with Crippen molar-refractivity contribution in [3.63, 3.8) is 0 Å². The molecule has 11 heteroatoms. The summed E-state index contributed by atoms with van der Waals surface area (Å²) in [7, 11) is 0. The fourth-order valence-corrected chi connectivity index (χ4v) is 5.92. The van der Waals surface area contributed by atoms with Crippen molar-refractivity contribution in [3.8, 4) is 23.0 Å². The van der Waals surface area contributed by atoms with Crippen LogP contribution in [-0.2, 0) is 9.59 Å². The number of hydrogen-bond acceptors (Lipinski definition) is 9. The molecule has 2 aliphatic heterocycles. The molecule has 0 bridgehead atoms. The van der Waals surface area contributed by atoms with Crippen LogP contribution in [0.25, 0.3) is 16.0 Å². The largest absolute Gasteiger partial charge is 0.507 e. The second kappa shape index (κ2) is 9.79. The molecule has 1 fully saturated rings. The summed E-state index contributed by atoms with van der Waals surface area (Å²) in [6.07, 6.45) is 0. The molecule has 6 rings (SSSR count). The summed E-state index contributed by atoms with van der Waals surface area (Å²) in [6, 6.07) is 13.4. The van der Waals surface area contributed by atoms with Crippen LogP contribution in [0.1, 0.15) is 24.1 Å². The molecule has 0 spiro atoms. The lowest BCUT2D eigenvalue weighted by Crippen LogP contribution is -2.29. The second-order valence-corrected chi connectivity index (χ2v) is 10.2. The number of nitrogens with zero attached hydrogens (tertiary/aromatic N) is 2. The van der Waals surface area contributed by atoms with E-state index in [1.807, 2.05) is 0 Å². The molecule has 2 aliphatic rings. The van der Waals surface area contributed by atoms with Crippen LogP contribution in [-0.4, -0.2) is 46.7 Å². The number of rotatable bonds is 5. The molecule has 4 aromatic rings. The SMILES string of the molecule is CCOc1cc(C2C(=C(O)c3ccc4c(c3)OCCO4)C(=O)C(=O)N2c2nc3ccc(Cl)cc3s2)ccc1O. The molecule has 1 saturated heterocycles. The van der Waals surface area contributed by atoms with Crippen LogP contribution in [0.4, 0.5) is 5.13 Å². The highest BCUT2D eigenvalue weighted by atomic mass is 35.5. The highest BCUT2D eigenvalue weighted by Crippen LogP contribution is 2.46. The average molecular weight is 565 g/mol. The molecule has 3 heterocycles. The number of amides is 1. The summed E-state index contributed by atoms with van der Waals surface area (Å²) in [4.78, 5) is 32.9. The van der Waals surface area contributed by atoms with Gasteiger partial charge in [-0.1, -0.05) is 29.0 Å². The molecule has 2 N–H and O–H groups in total. The van der Waals surface area contributed by atoms with E-state index in [-0.39, 0.29) is 40.1 Å². The summed E-state index contributed by atoms with van der Waals surface area (Å²) in [5.41, 5.74) is 1.18. The van der Waals surface area contributed by atoms with Crippen molar-refractivity contribution in [2.75, 3.05) is 24.7 Å². The Morgan fingerprint density at radius 2 is 1.90 bits per heavy atom. The number of aliphatic hydroxyl groups excluding tert-OH is 1. The zero-order valence-corrected chi connectivity index (χ0v) is 22.1. The van der Waals surface area contributed by atoms with Gasteiger partial charge in [-0.25, -0.2) is 4.98 Å². The fourth-order valence-electron chi connectivity index (χ4n) is 4.65. The highest BCUT2D eigenvalue weighted by Gasteiger charge is 2.48. The van der Waals surface area contributed by atoms with Gasteiger partial charge in [-0.05, 0) is 61.0 Å². The van der Waals surface area contributed by atoms with Crippen molar-refractivity contribution in [1.82, 2.24) is 4.98 Å². The number of ketones is 1. The standard InChI is InChI=1S/C28H21ClN2O7S/c1-2-36-20-11-14(3-7-18(20)32)24-23(25(33)15-4-8-19-21(12-15)38-10-9-37-19)26(34)27(35)31(24)28-30-17-6-5-16(29)13-22(17)39-28/h3-8,11-13,24,32-33H,2,9-10H2,1H3. The lowest BCUT2D eigenvalue weighted by Gasteiger charge is -2.24. The first-order valence-electron chi connectivity index (χ1n) is 12.1. The van der Waals surface area contributed by atoms with Crippen molar-refractivity contribution in [2.24, 2.45) is 0 Å². The number of hydrogen-bond donors (Lipinski definition) is 2. The monoisotopic (exact) mass is 564 g/mol. The van der Waals surface area contributed by atoms with E-state index < -0.39 is 17.7 Å². The Morgan fingerprint density at radius 3 is 2.69 bits per heavy atom. The van der Waals surface area contributed by atoms with Gasteiger partial charge in [-0.15, -0.1) is 0 Å². The normalized spacial score (nSPS) is 18.1. The number of phenolic OH excluding ortho intramolecular Hbond substituents is 1. The number of phenols is 1. The number of aromatic hydroxyl groups is 1. The maximum atomic E-state index is 13.5. The number of aliphatic hydroxyl groups is 1. The van der Waals surface area contributed by atoms with Gasteiger partial charge in [0.1, 0.15) is 19.0 Å². The highest BCUT2D eigenvalue weighted by molar-refractivity contribution is 7.22. The summed E-state index contributed by atoms with van der Waals surface area (Å²) >= 11 is 7.35. The van der Waals surface area contributed by atoms with Gasteiger partial charge < -0.3 is 24.4 Å². The number of thiazole rings is 1. The average Bonchev–Trinajstić information content (AvgIpc) is 3.46. The topological polar surface area (TPSA) is 118 Å². The number of aromatic nitrogens is 1. The molecule has 1 amide bonds. The molecule has 9 nitrogen and oxygen atoms in total. The van der Waals surface area contributed by atoms with Crippen LogP contribution < -0.4 is 19.1 Å². The molecule has 1 unspecified atom stereocenters. The number of ether oxygens (including phenoxy) is 3. The van der Waals surface area contributed by atoms with Gasteiger partial charge in [0, 0.05) is 10.6 Å². The number of halogens is 1. The van der Waals surface area contributed by atoms with Crippen LogP contribution in [0.2, 0.25) is 5.02 Å². The first-order valence-corrected chi connectivity index (χ1v) is 13.3. The fraction of sp³-hybridized carbons (Fsp3) is 0.179. The number of fused-ring (bicyclic) bond motifs is 2. The third kappa shape index (κ3) is 4.31. The molecule has 0 saturated carbocycles.